The van der Waals surface area contributed by atoms with Crippen molar-refractivity contribution in [2.24, 2.45) is 0 Å². The zero-order valence-corrected chi connectivity index (χ0v) is 8.33. The van der Waals surface area contributed by atoms with Crippen LogP contribution in [-0.2, 0) is 0 Å². The van der Waals surface area contributed by atoms with Gasteiger partial charge in [-0.3, -0.25) is 0 Å². The van der Waals surface area contributed by atoms with Crippen molar-refractivity contribution in [3.8, 4) is 0 Å². The molecule has 0 amide bonds. The Morgan fingerprint density at radius 3 is 2.86 bits per heavy atom. The summed E-state index contributed by atoms with van der Waals surface area (Å²) in [5.41, 5.74) is 6.28. The van der Waals surface area contributed by atoms with Gasteiger partial charge in [0.25, 0.3) is 0 Å². The molecule has 0 radical (unpaired) electrons. The van der Waals surface area contributed by atoms with Crippen LogP contribution in [0, 0.1) is 0 Å². The van der Waals surface area contributed by atoms with Crippen LogP contribution in [0.5, 0.6) is 0 Å². The van der Waals surface area contributed by atoms with Crippen LogP contribution in [0.25, 0.3) is 0 Å². The molecule has 1 aliphatic carbocycles. The Morgan fingerprint density at radius 1 is 1.50 bits per heavy atom. The number of nitrogens with two attached hydrogens (primary N) is 1. The van der Waals surface area contributed by atoms with Crippen molar-refractivity contribution in [2.75, 3.05) is 11.1 Å². The molecule has 1 aliphatic rings. The third kappa shape index (κ3) is 1.91. The number of nitrogen functional groups attached to an aromatic ring is 1. The van der Waals surface area contributed by atoms with E-state index < -0.39 is 0 Å². The molecule has 1 aromatic heterocycles. The average molecular weight is 214 g/mol. The Kier molecular flexibility index (Phi) is 2.48. The van der Waals surface area contributed by atoms with Gasteiger partial charge in [0.15, 0.2) is 5.82 Å². The average Bonchev–Trinajstić information content (AvgIpc) is 2.09. The van der Waals surface area contributed by atoms with E-state index in [1.165, 1.54) is 0 Å². The van der Waals surface area contributed by atoms with Gasteiger partial charge in [-0.15, -0.1) is 0 Å². The molecule has 2 rings (SSSR count). The van der Waals surface area contributed by atoms with Crippen molar-refractivity contribution >= 4 is 23.1 Å². The number of anilines is 2. The number of nitrogens with one attached hydrogen (secondary N) is 1. The fourth-order valence-corrected chi connectivity index (χ4v) is 1.61. The molecule has 0 bridgehead atoms. The second-order valence-electron chi connectivity index (χ2n) is 3.54. The summed E-state index contributed by atoms with van der Waals surface area (Å²) in [6, 6.07) is 3.63. The van der Waals surface area contributed by atoms with Gasteiger partial charge in [0, 0.05) is 6.04 Å². The van der Waals surface area contributed by atoms with E-state index in [0.717, 1.165) is 12.8 Å². The highest BCUT2D eigenvalue weighted by Gasteiger charge is 2.27. The van der Waals surface area contributed by atoms with E-state index in [4.69, 9.17) is 22.4 Å². The van der Waals surface area contributed by atoms with E-state index >= 15 is 0 Å². The molecule has 4 N–H and O–H groups in total. The van der Waals surface area contributed by atoms with E-state index in [0.29, 0.717) is 16.7 Å². The maximum atomic E-state index is 9.10. The molecule has 0 unspecified atom stereocenters. The van der Waals surface area contributed by atoms with Crippen molar-refractivity contribution in [1.82, 2.24) is 4.98 Å². The van der Waals surface area contributed by atoms with Gasteiger partial charge in [0.1, 0.15) is 5.15 Å². The summed E-state index contributed by atoms with van der Waals surface area (Å²) in [6.07, 6.45) is 1.30. The number of aliphatic hydroxyl groups is 1. The minimum atomic E-state index is -0.187. The predicted octanol–water partition coefficient (Wildman–Crippen LogP) is 1.25. The largest absolute Gasteiger partial charge is 0.396 e. The Hall–Kier alpha value is -1.00. The molecule has 1 saturated carbocycles. The van der Waals surface area contributed by atoms with Crippen LogP contribution >= 0.6 is 11.6 Å². The molecule has 76 valence electrons. The highest BCUT2D eigenvalue weighted by molar-refractivity contribution is 6.29. The minimum absolute atomic E-state index is 0.187. The standard InChI is InChI=1S/C9H12ClN3O/c10-8-2-1-7(11)9(13-8)12-5-3-6(14)4-5/h1-2,5-6,14H,3-4,11H2,(H,12,13). The predicted molar refractivity (Wildman–Crippen MR) is 56.3 cm³/mol. The van der Waals surface area contributed by atoms with Gasteiger partial charge in [0.2, 0.25) is 0 Å². The first-order chi connectivity index (χ1) is 6.65. The molecule has 0 saturated heterocycles. The zero-order chi connectivity index (χ0) is 10.1. The van der Waals surface area contributed by atoms with Gasteiger partial charge in [-0.2, -0.15) is 0 Å². The maximum Gasteiger partial charge on any atom is 0.151 e. The molecule has 14 heavy (non-hydrogen) atoms. The number of pyridine rings is 1. The molecule has 4 nitrogen and oxygen atoms in total. The van der Waals surface area contributed by atoms with E-state index in [-0.39, 0.29) is 12.1 Å². The van der Waals surface area contributed by atoms with Gasteiger partial charge >= 0.3 is 0 Å². The van der Waals surface area contributed by atoms with Crippen LogP contribution in [0.3, 0.4) is 0 Å². The molecule has 5 heteroatoms. The Bertz CT molecular complexity index is 339. The van der Waals surface area contributed by atoms with Gasteiger partial charge in [0.05, 0.1) is 11.8 Å². The van der Waals surface area contributed by atoms with Gasteiger partial charge < -0.3 is 16.2 Å². The summed E-state index contributed by atoms with van der Waals surface area (Å²) in [7, 11) is 0. The Labute approximate surface area is 87.1 Å². The third-order valence-electron chi connectivity index (χ3n) is 2.35. The zero-order valence-electron chi connectivity index (χ0n) is 7.57. The lowest BCUT2D eigenvalue weighted by molar-refractivity contribution is 0.0835. The van der Waals surface area contributed by atoms with Crippen LogP contribution in [0.1, 0.15) is 12.8 Å². The second-order valence-corrected chi connectivity index (χ2v) is 3.93. The normalized spacial score (nSPS) is 25.6. The second kappa shape index (κ2) is 3.63. The monoisotopic (exact) mass is 213 g/mol. The summed E-state index contributed by atoms with van der Waals surface area (Å²) >= 11 is 5.73. The van der Waals surface area contributed by atoms with Crippen molar-refractivity contribution < 1.29 is 5.11 Å². The first-order valence-electron chi connectivity index (χ1n) is 4.52. The molecule has 0 aromatic carbocycles. The molecular weight excluding hydrogens is 202 g/mol. The number of rotatable bonds is 2. The van der Waals surface area contributed by atoms with Crippen molar-refractivity contribution in [1.29, 1.82) is 0 Å². The highest BCUT2D eigenvalue weighted by Crippen LogP contribution is 2.26. The van der Waals surface area contributed by atoms with Crippen LogP contribution in [0.15, 0.2) is 12.1 Å². The molecule has 0 atom stereocenters. The summed E-state index contributed by atoms with van der Waals surface area (Å²) in [5, 5.41) is 12.7. The number of nitrogens with zero attached hydrogens (tertiary/aromatic N) is 1. The summed E-state index contributed by atoms with van der Waals surface area (Å²) in [4.78, 5) is 4.07. The van der Waals surface area contributed by atoms with E-state index in [1.54, 1.807) is 12.1 Å². The van der Waals surface area contributed by atoms with Gasteiger partial charge in [-0.05, 0) is 25.0 Å². The number of hydrogen-bond donors (Lipinski definition) is 3. The topological polar surface area (TPSA) is 71.2 Å². The molecule has 1 aromatic rings. The fraction of sp³-hybridized carbons (Fsp3) is 0.444. The lowest BCUT2D eigenvalue weighted by Crippen LogP contribution is -2.39. The summed E-state index contributed by atoms with van der Waals surface area (Å²) < 4.78 is 0. The van der Waals surface area contributed by atoms with Crippen molar-refractivity contribution in [3.05, 3.63) is 17.3 Å². The maximum absolute atomic E-state index is 9.10. The summed E-state index contributed by atoms with van der Waals surface area (Å²) in [5.74, 6) is 0.606. The molecular formula is C9H12ClN3O. The highest BCUT2D eigenvalue weighted by atomic mass is 35.5. The fourth-order valence-electron chi connectivity index (χ4n) is 1.46. The smallest absolute Gasteiger partial charge is 0.151 e. The van der Waals surface area contributed by atoms with Crippen LogP contribution in [0.2, 0.25) is 5.15 Å². The van der Waals surface area contributed by atoms with Crippen LogP contribution < -0.4 is 11.1 Å². The molecule has 0 aliphatic heterocycles. The Balaban J connectivity index is 2.05. The van der Waals surface area contributed by atoms with Crippen molar-refractivity contribution in [2.45, 2.75) is 25.0 Å². The van der Waals surface area contributed by atoms with E-state index in [9.17, 15) is 0 Å². The first-order valence-corrected chi connectivity index (χ1v) is 4.89. The van der Waals surface area contributed by atoms with E-state index in [1.807, 2.05) is 0 Å². The number of halogens is 1. The summed E-state index contributed by atoms with van der Waals surface area (Å²) in [6.45, 7) is 0. The third-order valence-corrected chi connectivity index (χ3v) is 2.56. The molecule has 1 heterocycles. The lowest BCUT2D eigenvalue weighted by Gasteiger charge is -2.32. The van der Waals surface area contributed by atoms with Gasteiger partial charge in [-0.1, -0.05) is 11.6 Å². The quantitative estimate of drug-likeness (QED) is 0.647. The lowest BCUT2D eigenvalue weighted by atomic mass is 9.89. The SMILES string of the molecule is Nc1ccc(Cl)nc1NC1CC(O)C1. The van der Waals surface area contributed by atoms with Gasteiger partial charge in [-0.25, -0.2) is 4.98 Å². The molecule has 1 fully saturated rings. The number of aromatic nitrogens is 1. The van der Waals surface area contributed by atoms with Crippen molar-refractivity contribution in [3.63, 3.8) is 0 Å². The van der Waals surface area contributed by atoms with E-state index in [2.05, 4.69) is 10.3 Å². The van der Waals surface area contributed by atoms with Crippen LogP contribution in [0.4, 0.5) is 11.5 Å². The number of aliphatic hydroxyl groups excluding tert-OH is 1. The molecule has 0 spiro atoms. The Morgan fingerprint density at radius 2 is 2.21 bits per heavy atom. The van der Waals surface area contributed by atoms with Crippen LogP contribution in [-0.4, -0.2) is 22.2 Å². The minimum Gasteiger partial charge on any atom is -0.396 e. The first kappa shape index (κ1) is 9.55. The number of hydrogen-bond acceptors (Lipinski definition) is 4.